The number of carbonyl (C=O) groups excluding carboxylic acids is 1. The van der Waals surface area contributed by atoms with Gasteiger partial charge in [-0.15, -0.1) is 0 Å². The first-order valence-electron chi connectivity index (χ1n) is 9.94. The Hall–Kier alpha value is -3.32. The summed E-state index contributed by atoms with van der Waals surface area (Å²) >= 11 is 6.26. The van der Waals surface area contributed by atoms with Gasteiger partial charge in [0, 0.05) is 17.3 Å². The Bertz CT molecular complexity index is 1350. The highest BCUT2D eigenvalue weighted by molar-refractivity contribution is 6.31. The van der Waals surface area contributed by atoms with E-state index in [0.29, 0.717) is 28.3 Å². The van der Waals surface area contributed by atoms with Crippen molar-refractivity contribution in [2.24, 2.45) is 0 Å². The minimum atomic E-state index is -0.401. The van der Waals surface area contributed by atoms with Gasteiger partial charge < -0.3 is 4.74 Å². The van der Waals surface area contributed by atoms with Crippen LogP contribution in [0.2, 0.25) is 5.02 Å². The predicted octanol–water partition coefficient (Wildman–Crippen LogP) is 4.37. The van der Waals surface area contributed by atoms with Crippen LogP contribution in [0.15, 0.2) is 53.6 Å². The summed E-state index contributed by atoms with van der Waals surface area (Å²) in [4.78, 5) is 25.6. The number of aromatic nitrogens is 4. The fraction of sp³-hybridized carbons (Fsp3) is 0.261. The highest BCUT2D eigenvalue weighted by Crippen LogP contribution is 2.24. The van der Waals surface area contributed by atoms with E-state index in [2.05, 4.69) is 5.10 Å². The summed E-state index contributed by atoms with van der Waals surface area (Å²) in [6.45, 7) is 6.21. The molecule has 160 valence electrons. The van der Waals surface area contributed by atoms with E-state index < -0.39 is 5.97 Å². The average molecular weight is 439 g/mol. The standard InChI is InChI=1S/C23H23ClN4O3/c1-14(2)27-13-18(11-25-27)28-21-10-17(24)8-9-20(21)26(23(28)30)12-16-6-5-7-19(15(16)3)22(29)31-4/h5-11,13-14H,12H2,1-4H3. The van der Waals surface area contributed by atoms with Crippen molar-refractivity contribution in [3.63, 3.8) is 0 Å². The number of hydrogen-bond donors (Lipinski definition) is 0. The molecule has 0 fully saturated rings. The molecule has 2 aromatic carbocycles. The molecule has 0 spiro atoms. The minimum Gasteiger partial charge on any atom is -0.465 e. The van der Waals surface area contributed by atoms with Gasteiger partial charge >= 0.3 is 11.7 Å². The molecule has 0 bridgehead atoms. The summed E-state index contributed by atoms with van der Waals surface area (Å²) in [6.07, 6.45) is 3.52. The number of esters is 1. The number of rotatable bonds is 5. The van der Waals surface area contributed by atoms with Crippen LogP contribution in [0.5, 0.6) is 0 Å². The lowest BCUT2D eigenvalue weighted by molar-refractivity contribution is 0.0599. The number of nitrogens with zero attached hydrogens (tertiary/aromatic N) is 4. The zero-order chi connectivity index (χ0) is 22.3. The molecule has 4 rings (SSSR count). The molecule has 2 heterocycles. The Morgan fingerprint density at radius 3 is 2.65 bits per heavy atom. The number of imidazole rings is 1. The van der Waals surface area contributed by atoms with Crippen molar-refractivity contribution in [3.8, 4) is 5.69 Å². The molecule has 0 amide bonds. The van der Waals surface area contributed by atoms with Crippen LogP contribution in [0, 0.1) is 6.92 Å². The monoisotopic (exact) mass is 438 g/mol. The summed E-state index contributed by atoms with van der Waals surface area (Å²) in [6, 6.07) is 11.0. The van der Waals surface area contributed by atoms with Crippen molar-refractivity contribution in [2.45, 2.75) is 33.4 Å². The molecule has 0 aliphatic carbocycles. The summed E-state index contributed by atoms with van der Waals surface area (Å²) in [7, 11) is 1.35. The molecule has 7 nitrogen and oxygen atoms in total. The van der Waals surface area contributed by atoms with E-state index in [1.807, 2.05) is 39.1 Å². The first kappa shape index (κ1) is 20.9. The lowest BCUT2D eigenvalue weighted by atomic mass is 10.0. The second kappa shape index (κ2) is 8.07. The van der Waals surface area contributed by atoms with Crippen LogP contribution < -0.4 is 5.69 Å². The van der Waals surface area contributed by atoms with Gasteiger partial charge in [-0.1, -0.05) is 23.7 Å². The van der Waals surface area contributed by atoms with Crippen molar-refractivity contribution >= 4 is 28.6 Å². The van der Waals surface area contributed by atoms with Crippen LogP contribution >= 0.6 is 11.6 Å². The van der Waals surface area contributed by atoms with Crippen LogP contribution in [-0.2, 0) is 11.3 Å². The quantitative estimate of drug-likeness (QED) is 0.434. The fourth-order valence-electron chi connectivity index (χ4n) is 3.72. The number of halogens is 1. The van der Waals surface area contributed by atoms with Gasteiger partial charge in [0.1, 0.15) is 0 Å². The second-order valence-electron chi connectivity index (χ2n) is 7.69. The summed E-state index contributed by atoms with van der Waals surface area (Å²) in [5.41, 5.74) is 4.03. The van der Waals surface area contributed by atoms with Crippen LogP contribution in [0.1, 0.15) is 41.4 Å². The normalized spacial score (nSPS) is 11.4. The number of hydrogen-bond acceptors (Lipinski definition) is 4. The molecule has 0 unspecified atom stereocenters. The van der Waals surface area contributed by atoms with Crippen LogP contribution in [0.25, 0.3) is 16.7 Å². The topological polar surface area (TPSA) is 71.1 Å². The number of carbonyl (C=O) groups is 1. The van der Waals surface area contributed by atoms with Gasteiger partial charge in [-0.3, -0.25) is 13.8 Å². The van der Waals surface area contributed by atoms with Crippen molar-refractivity contribution in [2.75, 3.05) is 7.11 Å². The number of ether oxygens (including phenoxy) is 1. The molecule has 31 heavy (non-hydrogen) atoms. The zero-order valence-corrected chi connectivity index (χ0v) is 18.6. The van der Waals surface area contributed by atoms with Crippen LogP contribution in [0.3, 0.4) is 0 Å². The average Bonchev–Trinajstić information content (AvgIpc) is 3.32. The number of benzene rings is 2. The predicted molar refractivity (Wildman–Crippen MR) is 120 cm³/mol. The smallest absolute Gasteiger partial charge is 0.338 e. The number of fused-ring (bicyclic) bond motifs is 1. The molecule has 0 radical (unpaired) electrons. The molecule has 4 aromatic rings. The van der Waals surface area contributed by atoms with Crippen molar-refractivity contribution < 1.29 is 9.53 Å². The van der Waals surface area contributed by atoms with E-state index in [9.17, 15) is 9.59 Å². The van der Waals surface area contributed by atoms with Gasteiger partial charge in [0.25, 0.3) is 0 Å². The van der Waals surface area contributed by atoms with Crippen LogP contribution in [-0.4, -0.2) is 32.0 Å². The lowest BCUT2D eigenvalue weighted by Crippen LogP contribution is -2.24. The Kier molecular flexibility index (Phi) is 5.45. The maximum Gasteiger partial charge on any atom is 0.338 e. The third-order valence-corrected chi connectivity index (χ3v) is 5.68. The molecule has 0 aliphatic heterocycles. The van der Waals surface area contributed by atoms with Crippen molar-refractivity contribution in [1.82, 2.24) is 18.9 Å². The van der Waals surface area contributed by atoms with Crippen molar-refractivity contribution in [1.29, 1.82) is 0 Å². The molecule has 8 heteroatoms. The molecule has 0 saturated carbocycles. The van der Waals surface area contributed by atoms with Gasteiger partial charge in [-0.25, -0.2) is 9.59 Å². The highest BCUT2D eigenvalue weighted by atomic mass is 35.5. The third-order valence-electron chi connectivity index (χ3n) is 5.45. The van der Waals surface area contributed by atoms with Crippen LogP contribution in [0.4, 0.5) is 0 Å². The maximum atomic E-state index is 13.5. The van der Waals surface area contributed by atoms with E-state index in [1.54, 1.807) is 44.3 Å². The van der Waals surface area contributed by atoms with E-state index in [-0.39, 0.29) is 11.7 Å². The molecular formula is C23H23ClN4O3. The highest BCUT2D eigenvalue weighted by Gasteiger charge is 2.19. The third kappa shape index (κ3) is 3.65. The summed E-state index contributed by atoms with van der Waals surface area (Å²) < 4.78 is 9.98. The molecule has 2 aromatic heterocycles. The van der Waals surface area contributed by atoms with E-state index >= 15 is 0 Å². The van der Waals surface area contributed by atoms with Gasteiger partial charge in [0.2, 0.25) is 0 Å². The minimum absolute atomic E-state index is 0.171. The largest absolute Gasteiger partial charge is 0.465 e. The van der Waals surface area contributed by atoms with Gasteiger partial charge in [-0.2, -0.15) is 5.10 Å². The SMILES string of the molecule is COC(=O)c1cccc(Cn2c(=O)n(-c3cnn(C(C)C)c3)c3cc(Cl)ccc32)c1C. The first-order valence-corrected chi connectivity index (χ1v) is 10.3. The van der Waals surface area contributed by atoms with Gasteiger partial charge in [-0.05, 0) is 56.2 Å². The first-order chi connectivity index (χ1) is 14.8. The van der Waals surface area contributed by atoms with Gasteiger partial charge in [0.15, 0.2) is 0 Å². The Morgan fingerprint density at radius 1 is 1.19 bits per heavy atom. The Balaban J connectivity index is 1.89. The molecule has 0 atom stereocenters. The maximum absolute atomic E-state index is 13.5. The van der Waals surface area contributed by atoms with Gasteiger partial charge in [0.05, 0.1) is 42.1 Å². The molecule has 0 aliphatic rings. The van der Waals surface area contributed by atoms with E-state index in [4.69, 9.17) is 16.3 Å². The zero-order valence-electron chi connectivity index (χ0n) is 17.8. The Labute approximate surface area is 184 Å². The summed E-state index contributed by atoms with van der Waals surface area (Å²) in [5.74, 6) is -0.401. The molecule has 0 N–H and O–H groups in total. The Morgan fingerprint density at radius 2 is 1.97 bits per heavy atom. The summed E-state index contributed by atoms with van der Waals surface area (Å²) in [5, 5.41) is 4.91. The second-order valence-corrected chi connectivity index (χ2v) is 8.13. The number of methoxy groups -OCH3 is 1. The van der Waals surface area contributed by atoms with Crippen molar-refractivity contribution in [3.05, 3.63) is 81.0 Å². The molecular weight excluding hydrogens is 416 g/mol. The van der Waals surface area contributed by atoms with E-state index in [1.165, 1.54) is 7.11 Å². The lowest BCUT2D eigenvalue weighted by Gasteiger charge is -2.11. The molecule has 0 saturated heterocycles. The fourth-order valence-corrected chi connectivity index (χ4v) is 3.88. The van der Waals surface area contributed by atoms with E-state index in [0.717, 1.165) is 16.6 Å².